The number of aryl methyl sites for hydroxylation is 1. The van der Waals surface area contributed by atoms with E-state index in [9.17, 15) is 4.79 Å². The highest BCUT2D eigenvalue weighted by atomic mass is 32.1. The Kier molecular flexibility index (Phi) is 4.89. The number of nitrogens with one attached hydrogen (secondary N) is 1. The number of aromatic nitrogens is 5. The summed E-state index contributed by atoms with van der Waals surface area (Å²) in [5, 5.41) is 7.23. The van der Waals surface area contributed by atoms with Gasteiger partial charge in [0, 0.05) is 35.4 Å². The molecule has 3 aromatic rings. The van der Waals surface area contributed by atoms with E-state index in [0.717, 1.165) is 53.3 Å². The molecule has 1 amide bonds. The summed E-state index contributed by atoms with van der Waals surface area (Å²) in [6.45, 7) is 4.02. The van der Waals surface area contributed by atoms with Gasteiger partial charge in [-0.1, -0.05) is 18.3 Å². The van der Waals surface area contributed by atoms with E-state index in [0.29, 0.717) is 10.7 Å². The molecule has 3 aromatic heterocycles. The number of nitrogens with zero attached hydrogens (tertiary/aromatic N) is 5. The quantitative estimate of drug-likeness (QED) is 0.746. The monoisotopic (exact) mass is 380 g/mol. The lowest BCUT2D eigenvalue weighted by Crippen LogP contribution is -2.31. The van der Waals surface area contributed by atoms with Crippen LogP contribution < -0.4 is 5.32 Å². The van der Waals surface area contributed by atoms with E-state index in [1.165, 1.54) is 0 Å². The summed E-state index contributed by atoms with van der Waals surface area (Å²) in [6.07, 6.45) is 8.05. The van der Waals surface area contributed by atoms with Crippen LogP contribution in [0.1, 0.15) is 65.3 Å². The highest BCUT2D eigenvalue weighted by Crippen LogP contribution is 2.30. The van der Waals surface area contributed by atoms with Crippen LogP contribution in [0.25, 0.3) is 11.4 Å². The van der Waals surface area contributed by atoms with Gasteiger partial charge in [-0.3, -0.25) is 9.78 Å². The maximum atomic E-state index is 12.8. The van der Waals surface area contributed by atoms with Crippen LogP contribution >= 0.6 is 11.5 Å². The van der Waals surface area contributed by atoms with Gasteiger partial charge in [0.1, 0.15) is 4.88 Å². The standard InChI is InChI=1S/C19H20N6OS/c1-11(2)16-17(27-25-24-16)19(26)23-15-7-3-6-14-13(15)10-21-18(22-14)12-5-4-8-20-9-12/h4-5,8-11,15H,3,6-7H2,1-2H3,(H,23,26). The molecular formula is C19H20N6OS. The Morgan fingerprint density at radius 3 is 3.00 bits per heavy atom. The molecule has 27 heavy (non-hydrogen) atoms. The number of carbonyl (C=O) groups is 1. The number of amides is 1. The fraction of sp³-hybridized carbons (Fsp3) is 0.368. The van der Waals surface area contributed by atoms with Gasteiger partial charge in [-0.05, 0) is 48.8 Å². The second-order valence-electron chi connectivity index (χ2n) is 6.90. The molecule has 0 spiro atoms. The summed E-state index contributed by atoms with van der Waals surface area (Å²) >= 11 is 1.14. The number of hydrogen-bond acceptors (Lipinski definition) is 7. The molecule has 0 fully saturated rings. The van der Waals surface area contributed by atoms with E-state index in [2.05, 4.69) is 24.9 Å². The lowest BCUT2D eigenvalue weighted by molar-refractivity contribution is 0.0935. The van der Waals surface area contributed by atoms with Crippen molar-refractivity contribution in [2.75, 3.05) is 0 Å². The van der Waals surface area contributed by atoms with E-state index in [4.69, 9.17) is 4.98 Å². The van der Waals surface area contributed by atoms with Crippen LogP contribution in [0.15, 0.2) is 30.7 Å². The van der Waals surface area contributed by atoms with Gasteiger partial charge in [-0.15, -0.1) is 5.10 Å². The van der Waals surface area contributed by atoms with Crippen molar-refractivity contribution in [1.29, 1.82) is 0 Å². The van der Waals surface area contributed by atoms with Crippen molar-refractivity contribution in [3.63, 3.8) is 0 Å². The van der Waals surface area contributed by atoms with E-state index in [-0.39, 0.29) is 17.9 Å². The van der Waals surface area contributed by atoms with E-state index < -0.39 is 0 Å². The zero-order valence-corrected chi connectivity index (χ0v) is 16.0. The topological polar surface area (TPSA) is 93.6 Å². The van der Waals surface area contributed by atoms with Crippen LogP contribution in [0.3, 0.4) is 0 Å². The van der Waals surface area contributed by atoms with Crippen molar-refractivity contribution in [3.05, 3.63) is 52.6 Å². The van der Waals surface area contributed by atoms with Crippen LogP contribution in [-0.4, -0.2) is 30.4 Å². The maximum absolute atomic E-state index is 12.8. The Morgan fingerprint density at radius 2 is 2.22 bits per heavy atom. The summed E-state index contributed by atoms with van der Waals surface area (Å²) in [5.74, 6) is 0.707. The predicted octanol–water partition coefficient (Wildman–Crippen LogP) is 3.32. The number of fused-ring (bicyclic) bond motifs is 1. The summed E-state index contributed by atoms with van der Waals surface area (Å²) in [4.78, 5) is 26.7. The molecule has 0 aliphatic heterocycles. The predicted molar refractivity (Wildman–Crippen MR) is 102 cm³/mol. The SMILES string of the molecule is CC(C)c1nnsc1C(=O)NC1CCCc2nc(-c3cccnc3)ncc21. The fourth-order valence-electron chi connectivity index (χ4n) is 3.29. The third-order valence-corrected chi connectivity index (χ3v) is 5.41. The molecule has 0 saturated heterocycles. The summed E-state index contributed by atoms with van der Waals surface area (Å²) in [5.41, 5.74) is 3.62. The first kappa shape index (κ1) is 17.7. The fourth-order valence-corrected chi connectivity index (χ4v) is 4.01. The molecule has 1 unspecified atom stereocenters. The van der Waals surface area contributed by atoms with Crippen molar-refractivity contribution in [1.82, 2.24) is 29.9 Å². The van der Waals surface area contributed by atoms with Crippen LogP contribution in [0, 0.1) is 0 Å². The molecule has 1 N–H and O–H groups in total. The van der Waals surface area contributed by atoms with Crippen LogP contribution in [0.5, 0.6) is 0 Å². The lowest BCUT2D eigenvalue weighted by Gasteiger charge is -2.25. The molecule has 8 heteroatoms. The molecule has 0 bridgehead atoms. The molecule has 1 aliphatic carbocycles. The van der Waals surface area contributed by atoms with Gasteiger partial charge in [-0.25, -0.2) is 9.97 Å². The van der Waals surface area contributed by atoms with Crippen molar-refractivity contribution in [2.24, 2.45) is 0 Å². The molecule has 0 saturated carbocycles. The Balaban J connectivity index is 1.58. The second-order valence-corrected chi connectivity index (χ2v) is 7.65. The van der Waals surface area contributed by atoms with Gasteiger partial charge >= 0.3 is 0 Å². The average molecular weight is 380 g/mol. The molecule has 0 aromatic carbocycles. The normalized spacial score (nSPS) is 16.2. The molecule has 4 rings (SSSR count). The zero-order chi connectivity index (χ0) is 18.8. The maximum Gasteiger partial charge on any atom is 0.265 e. The Hall–Kier alpha value is -2.74. The molecule has 0 radical (unpaired) electrons. The van der Waals surface area contributed by atoms with Gasteiger partial charge in [-0.2, -0.15) is 0 Å². The van der Waals surface area contributed by atoms with Gasteiger partial charge in [0.2, 0.25) is 0 Å². The minimum atomic E-state index is -0.122. The van der Waals surface area contributed by atoms with Crippen LogP contribution in [0.4, 0.5) is 0 Å². The highest BCUT2D eigenvalue weighted by Gasteiger charge is 2.27. The van der Waals surface area contributed by atoms with Crippen LogP contribution in [-0.2, 0) is 6.42 Å². The Morgan fingerprint density at radius 1 is 1.33 bits per heavy atom. The third kappa shape index (κ3) is 3.57. The van der Waals surface area contributed by atoms with Crippen molar-refractivity contribution in [3.8, 4) is 11.4 Å². The number of carbonyl (C=O) groups excluding carboxylic acids is 1. The average Bonchev–Trinajstić information content (AvgIpc) is 3.19. The van der Waals surface area contributed by atoms with Crippen molar-refractivity contribution in [2.45, 2.75) is 45.1 Å². The first-order chi connectivity index (χ1) is 13.1. The third-order valence-electron chi connectivity index (χ3n) is 4.67. The summed E-state index contributed by atoms with van der Waals surface area (Å²) in [6, 6.07) is 3.73. The zero-order valence-electron chi connectivity index (χ0n) is 15.2. The van der Waals surface area contributed by atoms with Crippen molar-refractivity contribution < 1.29 is 4.79 Å². The minimum absolute atomic E-state index is 0.0914. The molecule has 1 aliphatic rings. The first-order valence-electron chi connectivity index (χ1n) is 9.03. The Labute approximate surface area is 161 Å². The Bertz CT molecular complexity index is 956. The minimum Gasteiger partial charge on any atom is -0.344 e. The molecule has 1 atom stereocenters. The number of hydrogen-bond donors (Lipinski definition) is 1. The smallest absolute Gasteiger partial charge is 0.265 e. The van der Waals surface area contributed by atoms with E-state index >= 15 is 0 Å². The lowest BCUT2D eigenvalue weighted by atomic mass is 9.92. The molecule has 3 heterocycles. The first-order valence-corrected chi connectivity index (χ1v) is 9.80. The molecule has 7 nitrogen and oxygen atoms in total. The number of rotatable bonds is 4. The second kappa shape index (κ2) is 7.48. The van der Waals surface area contributed by atoms with Crippen molar-refractivity contribution >= 4 is 17.4 Å². The summed E-state index contributed by atoms with van der Waals surface area (Å²) in [7, 11) is 0. The van der Waals surface area contributed by atoms with Gasteiger partial charge < -0.3 is 5.32 Å². The summed E-state index contributed by atoms with van der Waals surface area (Å²) < 4.78 is 3.95. The van der Waals surface area contributed by atoms with E-state index in [1.54, 1.807) is 12.4 Å². The van der Waals surface area contributed by atoms with Gasteiger partial charge in [0.25, 0.3) is 5.91 Å². The largest absolute Gasteiger partial charge is 0.344 e. The number of pyridine rings is 1. The van der Waals surface area contributed by atoms with Gasteiger partial charge in [0.05, 0.1) is 11.7 Å². The van der Waals surface area contributed by atoms with E-state index in [1.807, 2.05) is 32.2 Å². The van der Waals surface area contributed by atoms with Crippen LogP contribution in [0.2, 0.25) is 0 Å². The molecular weight excluding hydrogens is 360 g/mol. The highest BCUT2D eigenvalue weighted by molar-refractivity contribution is 7.08. The van der Waals surface area contributed by atoms with Gasteiger partial charge in [0.15, 0.2) is 5.82 Å². The molecule has 138 valence electrons.